The number of hydrogen-bond donors (Lipinski definition) is 2. The van der Waals surface area contributed by atoms with Crippen LogP contribution in [0.5, 0.6) is 0 Å². The monoisotopic (exact) mass is 334 g/mol. The fourth-order valence-electron chi connectivity index (χ4n) is 2.90. The van der Waals surface area contributed by atoms with Crippen LogP contribution in [0.3, 0.4) is 0 Å². The Morgan fingerprint density at radius 1 is 1.46 bits per heavy atom. The maximum Gasteiger partial charge on any atom is 0.263 e. The van der Waals surface area contributed by atoms with Crippen molar-refractivity contribution in [2.24, 2.45) is 0 Å². The Morgan fingerprint density at radius 3 is 2.88 bits per heavy atom. The summed E-state index contributed by atoms with van der Waals surface area (Å²) in [6, 6.07) is 0.0272. The van der Waals surface area contributed by atoms with Crippen molar-refractivity contribution < 1.29 is 4.74 Å². The summed E-state index contributed by atoms with van der Waals surface area (Å²) in [4.78, 5) is 21.9. The van der Waals surface area contributed by atoms with Gasteiger partial charge < -0.3 is 15.0 Å². The minimum absolute atomic E-state index is 0.0272. The first-order valence-electron chi connectivity index (χ1n) is 8.31. The number of H-pyrrole nitrogens is 1. The molecule has 0 aliphatic carbocycles. The number of rotatable bonds is 3. The van der Waals surface area contributed by atoms with E-state index in [4.69, 9.17) is 4.74 Å². The highest BCUT2D eigenvalue weighted by Crippen LogP contribution is 2.19. The van der Waals surface area contributed by atoms with Gasteiger partial charge in [-0.15, -0.1) is 0 Å². The molecule has 0 aromatic carbocycles. The van der Waals surface area contributed by atoms with Gasteiger partial charge in [0.15, 0.2) is 5.65 Å². The Balaban J connectivity index is 1.88. The number of aromatic amines is 1. The summed E-state index contributed by atoms with van der Waals surface area (Å²) in [5.74, 6) is 0.447. The lowest BCUT2D eigenvalue weighted by molar-refractivity contribution is -0.0260. The van der Waals surface area contributed by atoms with Gasteiger partial charge in [-0.3, -0.25) is 9.78 Å². The van der Waals surface area contributed by atoms with Crippen molar-refractivity contribution in [2.45, 2.75) is 45.4 Å². The molecule has 2 aromatic heterocycles. The topological polar surface area (TPSA) is 88.1 Å². The van der Waals surface area contributed by atoms with Crippen LogP contribution in [0.15, 0.2) is 11.0 Å². The third-order valence-electron chi connectivity index (χ3n) is 4.29. The first kappa shape index (κ1) is 16.9. The minimum atomic E-state index is -0.249. The van der Waals surface area contributed by atoms with Crippen molar-refractivity contribution in [3.63, 3.8) is 0 Å². The number of likely N-dealkylation sites (N-methyl/N-ethyl adjacent to an activating group) is 1. The van der Waals surface area contributed by atoms with Crippen LogP contribution in [0, 0.1) is 0 Å². The first-order chi connectivity index (χ1) is 11.3. The molecule has 8 nitrogen and oxygen atoms in total. The molecule has 3 rings (SSSR count). The number of ether oxygens (including phenoxy) is 1. The Bertz CT molecular complexity index is 775. The molecule has 0 bridgehead atoms. The molecule has 8 heteroatoms. The lowest BCUT2D eigenvalue weighted by Crippen LogP contribution is -2.47. The van der Waals surface area contributed by atoms with E-state index in [9.17, 15) is 4.79 Å². The molecule has 2 aromatic rings. The number of anilines is 1. The normalized spacial score (nSPS) is 21.1. The van der Waals surface area contributed by atoms with Crippen LogP contribution in [-0.4, -0.2) is 63.5 Å². The highest BCUT2D eigenvalue weighted by Gasteiger charge is 2.25. The van der Waals surface area contributed by atoms with Gasteiger partial charge in [0.2, 0.25) is 5.95 Å². The lowest BCUT2D eigenvalue weighted by atomic mass is 10.1. The molecule has 1 saturated heterocycles. The molecule has 2 N–H and O–H groups in total. The van der Waals surface area contributed by atoms with E-state index in [1.807, 2.05) is 27.7 Å². The fourth-order valence-corrected chi connectivity index (χ4v) is 2.90. The van der Waals surface area contributed by atoms with Gasteiger partial charge in [0.25, 0.3) is 5.56 Å². The van der Waals surface area contributed by atoms with E-state index < -0.39 is 0 Å². The Morgan fingerprint density at radius 2 is 2.21 bits per heavy atom. The molecule has 0 radical (unpaired) electrons. The molecule has 1 aliphatic heterocycles. The van der Waals surface area contributed by atoms with Gasteiger partial charge in [-0.2, -0.15) is 10.1 Å². The average molecular weight is 334 g/mol. The number of hydrogen-bond acceptors (Lipinski definition) is 6. The summed E-state index contributed by atoms with van der Waals surface area (Å²) in [6.45, 7) is 10.6. The predicted molar refractivity (Wildman–Crippen MR) is 93.5 cm³/mol. The van der Waals surface area contributed by atoms with Crippen molar-refractivity contribution in [3.8, 4) is 0 Å². The third kappa shape index (κ3) is 3.29. The molecule has 0 amide bonds. The van der Waals surface area contributed by atoms with E-state index in [0.29, 0.717) is 23.6 Å². The van der Waals surface area contributed by atoms with Gasteiger partial charge in [0.1, 0.15) is 5.39 Å². The van der Waals surface area contributed by atoms with E-state index in [1.165, 1.54) is 0 Å². The van der Waals surface area contributed by atoms with Crippen LogP contribution in [0.25, 0.3) is 11.0 Å². The maximum atomic E-state index is 12.3. The van der Waals surface area contributed by atoms with Gasteiger partial charge in [-0.05, 0) is 34.7 Å². The zero-order valence-corrected chi connectivity index (χ0v) is 15.0. The SMILES string of the molecule is CC(Nc1nc2c(cnn2C(C)(C)C)c(=O)[nH]1)C1CN(C)CCO1. The zero-order chi connectivity index (χ0) is 17.5. The summed E-state index contributed by atoms with van der Waals surface area (Å²) < 4.78 is 7.60. The molecular weight excluding hydrogens is 308 g/mol. The highest BCUT2D eigenvalue weighted by molar-refractivity contribution is 5.74. The van der Waals surface area contributed by atoms with Crippen LogP contribution in [0.4, 0.5) is 5.95 Å². The quantitative estimate of drug-likeness (QED) is 0.871. The lowest BCUT2D eigenvalue weighted by Gasteiger charge is -2.34. The second-order valence-electron chi connectivity index (χ2n) is 7.48. The largest absolute Gasteiger partial charge is 0.373 e. The highest BCUT2D eigenvalue weighted by atomic mass is 16.5. The van der Waals surface area contributed by atoms with Crippen molar-refractivity contribution in [1.82, 2.24) is 24.6 Å². The summed E-state index contributed by atoms with van der Waals surface area (Å²) in [7, 11) is 2.08. The molecule has 1 fully saturated rings. The van der Waals surface area contributed by atoms with E-state index in [-0.39, 0.29) is 23.2 Å². The molecule has 2 unspecified atom stereocenters. The molecule has 3 heterocycles. The van der Waals surface area contributed by atoms with E-state index in [1.54, 1.807) is 10.9 Å². The standard InChI is InChI=1S/C16H26N6O2/c1-10(12-9-21(5)6-7-24-12)18-15-19-13-11(14(23)20-15)8-17-22(13)16(2,3)4/h8,10,12H,6-7,9H2,1-5H3,(H2,18,19,20,23). The second kappa shape index (κ2) is 6.18. The van der Waals surface area contributed by atoms with E-state index >= 15 is 0 Å². The minimum Gasteiger partial charge on any atom is -0.373 e. The molecule has 2 atom stereocenters. The molecule has 0 spiro atoms. The van der Waals surface area contributed by atoms with Crippen LogP contribution in [0.1, 0.15) is 27.7 Å². The molecule has 1 aliphatic rings. The molecule has 0 saturated carbocycles. The zero-order valence-electron chi connectivity index (χ0n) is 15.0. The van der Waals surface area contributed by atoms with Crippen molar-refractivity contribution in [2.75, 3.05) is 32.1 Å². The van der Waals surface area contributed by atoms with E-state index in [0.717, 1.165) is 13.1 Å². The molecule has 132 valence electrons. The van der Waals surface area contributed by atoms with Gasteiger partial charge >= 0.3 is 0 Å². The predicted octanol–water partition coefficient (Wildman–Crippen LogP) is 1.01. The Hall–Kier alpha value is -1.93. The van der Waals surface area contributed by atoms with Crippen LogP contribution < -0.4 is 10.9 Å². The number of fused-ring (bicyclic) bond motifs is 1. The summed E-state index contributed by atoms with van der Waals surface area (Å²) >= 11 is 0. The Kier molecular flexibility index (Phi) is 4.35. The summed E-state index contributed by atoms with van der Waals surface area (Å²) in [6.07, 6.45) is 1.62. The van der Waals surface area contributed by atoms with Gasteiger partial charge in [0, 0.05) is 13.1 Å². The number of nitrogens with zero attached hydrogens (tertiary/aromatic N) is 4. The summed E-state index contributed by atoms with van der Waals surface area (Å²) in [5, 5.41) is 8.09. The van der Waals surface area contributed by atoms with Crippen molar-refractivity contribution >= 4 is 17.0 Å². The van der Waals surface area contributed by atoms with Crippen molar-refractivity contribution in [1.29, 1.82) is 0 Å². The summed E-state index contributed by atoms with van der Waals surface area (Å²) in [5.41, 5.74) is 0.148. The third-order valence-corrected chi connectivity index (χ3v) is 4.29. The van der Waals surface area contributed by atoms with E-state index in [2.05, 4.69) is 32.3 Å². The smallest absolute Gasteiger partial charge is 0.263 e. The van der Waals surface area contributed by atoms with Gasteiger partial charge in [0.05, 0.1) is 30.5 Å². The Labute approximate surface area is 141 Å². The van der Waals surface area contributed by atoms with Crippen LogP contribution >= 0.6 is 0 Å². The molecule has 24 heavy (non-hydrogen) atoms. The first-order valence-corrected chi connectivity index (χ1v) is 8.31. The maximum absolute atomic E-state index is 12.3. The number of nitrogens with one attached hydrogen (secondary N) is 2. The van der Waals surface area contributed by atoms with Gasteiger partial charge in [-0.25, -0.2) is 4.68 Å². The number of aromatic nitrogens is 4. The van der Waals surface area contributed by atoms with Crippen LogP contribution in [0.2, 0.25) is 0 Å². The second-order valence-corrected chi connectivity index (χ2v) is 7.48. The fraction of sp³-hybridized carbons (Fsp3) is 0.688. The van der Waals surface area contributed by atoms with Crippen LogP contribution in [-0.2, 0) is 10.3 Å². The molecular formula is C16H26N6O2. The van der Waals surface area contributed by atoms with Gasteiger partial charge in [-0.1, -0.05) is 0 Å². The average Bonchev–Trinajstić information content (AvgIpc) is 2.91. The number of morpholine rings is 1. The van der Waals surface area contributed by atoms with Crippen molar-refractivity contribution in [3.05, 3.63) is 16.6 Å².